The molecule has 0 aliphatic heterocycles. The van der Waals surface area contributed by atoms with Crippen LogP contribution in [0.4, 0.5) is 0 Å². The van der Waals surface area contributed by atoms with Crippen molar-refractivity contribution in [2.24, 2.45) is 0 Å². The molecule has 0 aliphatic carbocycles. The van der Waals surface area contributed by atoms with Gasteiger partial charge in [0.25, 0.3) is 0 Å². The molecule has 2 rings (SSSR count). The predicted molar refractivity (Wildman–Crippen MR) is 88.6 cm³/mol. The average molecular weight is 318 g/mol. The molecule has 0 aromatic heterocycles. The molecule has 0 saturated carbocycles. The molecular formula is C13H20Cl4. The zero-order chi connectivity index (χ0) is 8.49. The van der Waals surface area contributed by atoms with Crippen molar-refractivity contribution in [1.82, 2.24) is 0 Å². The summed E-state index contributed by atoms with van der Waals surface area (Å²) in [6, 6.07) is 24.0. The van der Waals surface area contributed by atoms with Crippen molar-refractivity contribution in [3.63, 3.8) is 0 Å². The van der Waals surface area contributed by atoms with Gasteiger partial charge in [0.15, 0.2) is 0 Å². The smallest absolute Gasteiger partial charge is 0.0623 e. The zero-order valence-electron chi connectivity index (χ0n) is 8.56. The highest BCUT2D eigenvalue weighted by molar-refractivity contribution is 5.86. The maximum atomic E-state index is 2.00. The first-order valence-electron chi connectivity index (χ1n) is 4.00. The van der Waals surface area contributed by atoms with Gasteiger partial charge >= 0.3 is 0 Å². The number of benzene rings is 2. The highest BCUT2D eigenvalue weighted by Gasteiger charge is 1.58. The third kappa shape index (κ3) is 21.4. The Hall–Kier alpha value is -0.400. The molecule has 0 N–H and O–H groups in total. The Kier molecular flexibility index (Phi) is 43.6. The maximum absolute atomic E-state index is 2.00. The number of halogens is 4. The summed E-state index contributed by atoms with van der Waals surface area (Å²) in [7, 11) is 0. The molecule has 0 atom stereocenters. The Morgan fingerprint density at radius 1 is 0.235 bits per heavy atom. The van der Waals surface area contributed by atoms with Crippen LogP contribution < -0.4 is 0 Å². The summed E-state index contributed by atoms with van der Waals surface area (Å²) in [4.78, 5) is 0. The molecular weight excluding hydrogens is 298 g/mol. The summed E-state index contributed by atoms with van der Waals surface area (Å²) >= 11 is 0. The number of hydrogen-bond donors (Lipinski definition) is 0. The van der Waals surface area contributed by atoms with Crippen LogP contribution in [0.5, 0.6) is 0 Å². The van der Waals surface area contributed by atoms with Gasteiger partial charge in [-0.2, -0.15) is 0 Å². The normalized spacial score (nSPS) is 5.65. The highest BCUT2D eigenvalue weighted by atomic mass is 35.5. The van der Waals surface area contributed by atoms with Gasteiger partial charge in [0, 0.05) is 0 Å². The molecule has 0 unspecified atom stereocenters. The van der Waals surface area contributed by atoms with E-state index in [1.807, 2.05) is 72.8 Å². The van der Waals surface area contributed by atoms with Gasteiger partial charge in [-0.15, -0.1) is 49.6 Å². The Balaban J connectivity index is -0.0000000436. The molecule has 4 heteroatoms. The Morgan fingerprint density at radius 2 is 0.294 bits per heavy atom. The topological polar surface area (TPSA) is 0 Å². The Bertz CT molecular complexity index is 189. The van der Waals surface area contributed by atoms with E-state index in [4.69, 9.17) is 0 Å². The van der Waals surface area contributed by atoms with Crippen LogP contribution in [-0.2, 0) is 0 Å². The third-order valence-corrected chi connectivity index (χ3v) is 1.33. The van der Waals surface area contributed by atoms with Gasteiger partial charge < -0.3 is 0 Å². The van der Waals surface area contributed by atoms with Crippen molar-refractivity contribution in [1.29, 1.82) is 0 Å². The first-order chi connectivity index (χ1) is 6.00. The standard InChI is InChI=1S/2C6H6.CH4.4ClH/c2*1-2-4-6-5-3-1;;;;;/h2*1-6H;1H4;4*1H. The molecule has 17 heavy (non-hydrogen) atoms. The average Bonchev–Trinajstić information content (AvgIpc) is 2.24. The van der Waals surface area contributed by atoms with E-state index in [9.17, 15) is 0 Å². The molecule has 0 heterocycles. The summed E-state index contributed by atoms with van der Waals surface area (Å²) in [6.07, 6.45) is 0. The molecule has 0 saturated heterocycles. The minimum atomic E-state index is 0. The minimum Gasteiger partial charge on any atom is -0.147 e. The van der Waals surface area contributed by atoms with Gasteiger partial charge in [-0.25, -0.2) is 0 Å². The van der Waals surface area contributed by atoms with Crippen molar-refractivity contribution < 1.29 is 0 Å². The second-order valence-electron chi connectivity index (χ2n) is 2.31. The lowest BCUT2D eigenvalue weighted by atomic mass is 10.4. The fraction of sp³-hybridized carbons (Fsp3) is 0.0769. The largest absolute Gasteiger partial charge is 0.147 e. The Labute approximate surface area is 129 Å². The van der Waals surface area contributed by atoms with Gasteiger partial charge in [-0.1, -0.05) is 80.2 Å². The van der Waals surface area contributed by atoms with E-state index in [2.05, 4.69) is 0 Å². The van der Waals surface area contributed by atoms with Crippen LogP contribution in [0.15, 0.2) is 72.8 Å². The maximum Gasteiger partial charge on any atom is -0.0623 e. The van der Waals surface area contributed by atoms with Crippen LogP contribution in [0.25, 0.3) is 0 Å². The summed E-state index contributed by atoms with van der Waals surface area (Å²) < 4.78 is 0. The molecule has 0 nitrogen and oxygen atoms in total. The molecule has 2 aromatic carbocycles. The van der Waals surface area contributed by atoms with Gasteiger partial charge in [0.1, 0.15) is 0 Å². The van der Waals surface area contributed by atoms with Gasteiger partial charge in [-0.05, 0) is 0 Å². The second kappa shape index (κ2) is 24.7. The van der Waals surface area contributed by atoms with E-state index in [0.717, 1.165) is 0 Å². The zero-order valence-corrected chi connectivity index (χ0v) is 11.8. The molecule has 0 bridgehead atoms. The molecule has 0 aliphatic rings. The molecule has 0 fully saturated rings. The molecule has 100 valence electrons. The quantitative estimate of drug-likeness (QED) is 0.585. The SMILES string of the molecule is C.Cl.Cl.Cl.Cl.c1ccccc1.c1ccccc1. The monoisotopic (exact) mass is 316 g/mol. The van der Waals surface area contributed by atoms with Gasteiger partial charge in [0.2, 0.25) is 0 Å². The molecule has 2 aromatic rings. The second-order valence-corrected chi connectivity index (χ2v) is 2.31. The van der Waals surface area contributed by atoms with Crippen LogP contribution >= 0.6 is 49.6 Å². The fourth-order valence-corrected chi connectivity index (χ4v) is 0.770. The molecule has 0 spiro atoms. The fourth-order valence-electron chi connectivity index (χ4n) is 0.770. The number of hydrogen-bond acceptors (Lipinski definition) is 0. The lowest BCUT2D eigenvalue weighted by molar-refractivity contribution is 1.72. The third-order valence-electron chi connectivity index (χ3n) is 1.33. The lowest BCUT2D eigenvalue weighted by Crippen LogP contribution is -1.47. The molecule has 0 radical (unpaired) electrons. The van der Waals surface area contributed by atoms with Crippen molar-refractivity contribution >= 4 is 49.6 Å². The van der Waals surface area contributed by atoms with E-state index < -0.39 is 0 Å². The lowest BCUT2D eigenvalue weighted by Gasteiger charge is -1.69. The highest BCUT2D eigenvalue weighted by Crippen LogP contribution is 1.80. The van der Waals surface area contributed by atoms with Crippen molar-refractivity contribution in [3.8, 4) is 0 Å². The first kappa shape index (κ1) is 30.0. The Morgan fingerprint density at radius 3 is 0.353 bits per heavy atom. The van der Waals surface area contributed by atoms with E-state index in [0.29, 0.717) is 0 Å². The van der Waals surface area contributed by atoms with Crippen LogP contribution in [-0.4, -0.2) is 0 Å². The predicted octanol–water partition coefficient (Wildman–Crippen LogP) is 5.70. The van der Waals surface area contributed by atoms with Gasteiger partial charge in [-0.3, -0.25) is 0 Å². The van der Waals surface area contributed by atoms with Crippen molar-refractivity contribution in [2.45, 2.75) is 7.43 Å². The minimum absolute atomic E-state index is 0. The van der Waals surface area contributed by atoms with Crippen LogP contribution in [0.3, 0.4) is 0 Å². The van der Waals surface area contributed by atoms with E-state index in [1.54, 1.807) is 0 Å². The summed E-state index contributed by atoms with van der Waals surface area (Å²) in [5.41, 5.74) is 0. The van der Waals surface area contributed by atoms with Crippen LogP contribution in [0.2, 0.25) is 0 Å². The first-order valence-corrected chi connectivity index (χ1v) is 4.00. The van der Waals surface area contributed by atoms with Crippen LogP contribution in [0, 0.1) is 0 Å². The van der Waals surface area contributed by atoms with E-state index >= 15 is 0 Å². The van der Waals surface area contributed by atoms with Gasteiger partial charge in [0.05, 0.1) is 0 Å². The van der Waals surface area contributed by atoms with Crippen molar-refractivity contribution in [2.75, 3.05) is 0 Å². The number of rotatable bonds is 0. The van der Waals surface area contributed by atoms with Crippen molar-refractivity contribution in [3.05, 3.63) is 72.8 Å². The summed E-state index contributed by atoms with van der Waals surface area (Å²) in [6.45, 7) is 0. The van der Waals surface area contributed by atoms with Crippen LogP contribution in [0.1, 0.15) is 7.43 Å². The summed E-state index contributed by atoms with van der Waals surface area (Å²) in [5, 5.41) is 0. The molecule has 0 amide bonds. The summed E-state index contributed by atoms with van der Waals surface area (Å²) in [5.74, 6) is 0. The van der Waals surface area contributed by atoms with E-state index in [1.165, 1.54) is 0 Å². The van der Waals surface area contributed by atoms with E-state index in [-0.39, 0.29) is 57.1 Å².